The molecule has 1 amide bonds. The first-order valence-electron chi connectivity index (χ1n) is 9.78. The molecule has 0 bridgehead atoms. The van der Waals surface area contributed by atoms with Crippen molar-refractivity contribution in [2.75, 3.05) is 13.1 Å². The van der Waals surface area contributed by atoms with Gasteiger partial charge in [0.05, 0.1) is 11.4 Å². The van der Waals surface area contributed by atoms with Crippen molar-refractivity contribution in [1.29, 1.82) is 0 Å². The van der Waals surface area contributed by atoms with Gasteiger partial charge in [-0.2, -0.15) is 0 Å². The predicted octanol–water partition coefficient (Wildman–Crippen LogP) is 3.39. The van der Waals surface area contributed by atoms with E-state index in [1.165, 1.54) is 6.33 Å². The van der Waals surface area contributed by atoms with E-state index in [0.29, 0.717) is 18.7 Å². The van der Waals surface area contributed by atoms with Crippen LogP contribution in [0.1, 0.15) is 28.8 Å². The number of amides is 1. The lowest BCUT2D eigenvalue weighted by atomic mass is 10.0. The number of aromatic hydroxyl groups is 1. The zero-order valence-electron chi connectivity index (χ0n) is 16.4. The first kappa shape index (κ1) is 19.1. The second-order valence-electron chi connectivity index (χ2n) is 7.50. The maximum absolute atomic E-state index is 12.9. The van der Waals surface area contributed by atoms with Crippen molar-refractivity contribution in [3.63, 3.8) is 0 Å². The van der Waals surface area contributed by atoms with Gasteiger partial charge in [-0.25, -0.2) is 9.97 Å². The molecule has 3 aromatic rings. The van der Waals surface area contributed by atoms with Gasteiger partial charge in [0.2, 0.25) is 0 Å². The molecular formula is C23H24N4O2. The maximum atomic E-state index is 12.9. The van der Waals surface area contributed by atoms with Gasteiger partial charge in [0, 0.05) is 35.8 Å². The van der Waals surface area contributed by atoms with Crippen LogP contribution in [-0.4, -0.2) is 45.0 Å². The summed E-state index contributed by atoms with van der Waals surface area (Å²) in [6.45, 7) is 3.24. The van der Waals surface area contributed by atoms with Crippen LogP contribution in [-0.2, 0) is 0 Å². The van der Waals surface area contributed by atoms with Crippen molar-refractivity contribution in [1.82, 2.24) is 14.9 Å². The first-order valence-corrected chi connectivity index (χ1v) is 9.78. The molecule has 148 valence electrons. The Morgan fingerprint density at radius 1 is 1.03 bits per heavy atom. The van der Waals surface area contributed by atoms with E-state index in [0.717, 1.165) is 40.9 Å². The van der Waals surface area contributed by atoms with E-state index >= 15 is 0 Å². The molecule has 1 aromatic heterocycles. The van der Waals surface area contributed by atoms with E-state index < -0.39 is 0 Å². The van der Waals surface area contributed by atoms with Crippen LogP contribution in [0.4, 0.5) is 0 Å². The third-order valence-electron chi connectivity index (χ3n) is 5.39. The first-order chi connectivity index (χ1) is 14.0. The number of piperidine rings is 1. The molecule has 2 heterocycles. The molecule has 0 spiro atoms. The molecule has 6 heteroatoms. The zero-order chi connectivity index (χ0) is 20.4. The number of aromatic nitrogens is 2. The molecule has 3 N–H and O–H groups in total. The summed E-state index contributed by atoms with van der Waals surface area (Å²) in [6, 6.07) is 15.0. The summed E-state index contributed by atoms with van der Waals surface area (Å²) in [5.41, 5.74) is 10.7. The smallest absolute Gasteiger partial charge is 0.253 e. The van der Waals surface area contributed by atoms with E-state index in [2.05, 4.69) is 9.97 Å². The van der Waals surface area contributed by atoms with Crippen molar-refractivity contribution in [3.8, 4) is 28.3 Å². The molecule has 0 unspecified atom stereocenters. The molecule has 1 aliphatic rings. The highest BCUT2D eigenvalue weighted by molar-refractivity contribution is 5.95. The monoisotopic (exact) mass is 388 g/mol. The summed E-state index contributed by atoms with van der Waals surface area (Å²) >= 11 is 0. The van der Waals surface area contributed by atoms with Crippen LogP contribution in [0.2, 0.25) is 0 Å². The second-order valence-corrected chi connectivity index (χ2v) is 7.50. The van der Waals surface area contributed by atoms with Gasteiger partial charge >= 0.3 is 0 Å². The number of phenolic OH excluding ortho intramolecular Hbond substituents is 1. The van der Waals surface area contributed by atoms with Crippen LogP contribution in [0.5, 0.6) is 5.75 Å². The van der Waals surface area contributed by atoms with Crippen LogP contribution in [0.15, 0.2) is 54.9 Å². The lowest BCUT2D eigenvalue weighted by Gasteiger charge is -2.30. The molecule has 1 saturated heterocycles. The largest absolute Gasteiger partial charge is 0.508 e. The number of nitrogens with zero attached hydrogens (tertiary/aromatic N) is 3. The van der Waals surface area contributed by atoms with Gasteiger partial charge < -0.3 is 15.7 Å². The molecule has 0 aliphatic carbocycles. The number of carbonyl (C=O) groups is 1. The SMILES string of the molecule is Cc1cc(-c2cc(-c3cccc(C(=O)N4CCC(N)CC4)c3)ncn2)ccc1O. The van der Waals surface area contributed by atoms with E-state index in [4.69, 9.17) is 5.73 Å². The van der Waals surface area contributed by atoms with Crippen molar-refractivity contribution < 1.29 is 9.90 Å². The lowest BCUT2D eigenvalue weighted by Crippen LogP contribution is -2.42. The van der Waals surface area contributed by atoms with Gasteiger partial charge in [0.1, 0.15) is 12.1 Å². The number of hydrogen-bond donors (Lipinski definition) is 2. The Balaban J connectivity index is 1.61. The van der Waals surface area contributed by atoms with Crippen LogP contribution < -0.4 is 5.73 Å². The normalized spacial score (nSPS) is 14.8. The Kier molecular flexibility index (Phi) is 5.27. The van der Waals surface area contributed by atoms with Crippen LogP contribution in [0.25, 0.3) is 22.5 Å². The van der Waals surface area contributed by atoms with E-state index in [9.17, 15) is 9.90 Å². The van der Waals surface area contributed by atoms with Crippen LogP contribution in [0, 0.1) is 6.92 Å². The number of rotatable bonds is 3. The molecule has 4 rings (SSSR count). The highest BCUT2D eigenvalue weighted by atomic mass is 16.3. The fourth-order valence-corrected chi connectivity index (χ4v) is 3.58. The minimum atomic E-state index is 0.0298. The Morgan fingerprint density at radius 2 is 1.72 bits per heavy atom. The summed E-state index contributed by atoms with van der Waals surface area (Å²) in [6.07, 6.45) is 3.20. The van der Waals surface area contributed by atoms with Gasteiger partial charge in [-0.3, -0.25) is 4.79 Å². The maximum Gasteiger partial charge on any atom is 0.253 e. The van der Waals surface area contributed by atoms with Gasteiger partial charge in [0.15, 0.2) is 0 Å². The van der Waals surface area contributed by atoms with Gasteiger partial charge in [-0.15, -0.1) is 0 Å². The topological polar surface area (TPSA) is 92.3 Å². The van der Waals surface area contributed by atoms with Gasteiger partial charge in [0.25, 0.3) is 5.91 Å². The van der Waals surface area contributed by atoms with Crippen molar-refractivity contribution in [3.05, 3.63) is 66.0 Å². The van der Waals surface area contributed by atoms with Crippen LogP contribution in [0.3, 0.4) is 0 Å². The number of carbonyl (C=O) groups excluding carboxylic acids is 1. The number of phenols is 1. The summed E-state index contributed by atoms with van der Waals surface area (Å²) in [7, 11) is 0. The second kappa shape index (κ2) is 8.01. The van der Waals surface area contributed by atoms with Crippen molar-refractivity contribution in [2.24, 2.45) is 5.73 Å². The molecule has 29 heavy (non-hydrogen) atoms. The minimum absolute atomic E-state index is 0.0298. The Labute approximate surface area is 170 Å². The standard InChI is InChI=1S/C23H24N4O2/c1-15-11-17(5-6-22(15)28)21-13-20(25-14-26-21)16-3-2-4-18(12-16)23(29)27-9-7-19(24)8-10-27/h2-6,11-14,19,28H,7-10,24H2,1H3. The third-order valence-corrected chi connectivity index (χ3v) is 5.39. The average Bonchev–Trinajstić information content (AvgIpc) is 2.76. The molecule has 1 fully saturated rings. The van der Waals surface area contributed by atoms with Crippen molar-refractivity contribution >= 4 is 5.91 Å². The third kappa shape index (κ3) is 4.12. The number of nitrogens with two attached hydrogens (primary N) is 1. The molecule has 6 nitrogen and oxygen atoms in total. The molecule has 2 aromatic carbocycles. The zero-order valence-corrected chi connectivity index (χ0v) is 16.4. The Morgan fingerprint density at radius 3 is 2.41 bits per heavy atom. The summed E-state index contributed by atoms with van der Waals surface area (Å²) < 4.78 is 0. The quantitative estimate of drug-likeness (QED) is 0.717. The van der Waals surface area contributed by atoms with E-state index in [1.54, 1.807) is 6.07 Å². The van der Waals surface area contributed by atoms with Crippen molar-refractivity contribution in [2.45, 2.75) is 25.8 Å². The summed E-state index contributed by atoms with van der Waals surface area (Å²) in [5.74, 6) is 0.287. The fourth-order valence-electron chi connectivity index (χ4n) is 3.58. The van der Waals surface area contributed by atoms with Gasteiger partial charge in [-0.05, 0) is 61.7 Å². The van der Waals surface area contributed by atoms with E-state index in [-0.39, 0.29) is 17.7 Å². The summed E-state index contributed by atoms with van der Waals surface area (Å²) in [4.78, 5) is 23.5. The summed E-state index contributed by atoms with van der Waals surface area (Å²) in [5, 5.41) is 9.75. The molecular weight excluding hydrogens is 364 g/mol. The number of aryl methyl sites for hydroxylation is 1. The fraction of sp³-hybridized carbons (Fsp3) is 0.261. The highest BCUT2D eigenvalue weighted by Gasteiger charge is 2.22. The molecule has 0 atom stereocenters. The molecule has 1 aliphatic heterocycles. The number of likely N-dealkylation sites (tertiary alicyclic amines) is 1. The molecule has 0 radical (unpaired) electrons. The Hall–Kier alpha value is -3.25. The Bertz CT molecular complexity index is 1040. The predicted molar refractivity (Wildman–Crippen MR) is 112 cm³/mol. The number of benzene rings is 2. The highest BCUT2D eigenvalue weighted by Crippen LogP contribution is 2.27. The van der Waals surface area contributed by atoms with E-state index in [1.807, 2.05) is 54.3 Å². The number of hydrogen-bond acceptors (Lipinski definition) is 5. The van der Waals surface area contributed by atoms with Crippen LogP contribution >= 0.6 is 0 Å². The minimum Gasteiger partial charge on any atom is -0.508 e. The van der Waals surface area contributed by atoms with Gasteiger partial charge in [-0.1, -0.05) is 12.1 Å². The average molecular weight is 388 g/mol. The lowest BCUT2D eigenvalue weighted by molar-refractivity contribution is 0.0715. The molecule has 0 saturated carbocycles.